The lowest BCUT2D eigenvalue weighted by atomic mass is 9.95. The van der Waals surface area contributed by atoms with Crippen molar-refractivity contribution in [2.75, 3.05) is 49.1 Å². The molecule has 2 fully saturated rings. The van der Waals surface area contributed by atoms with E-state index >= 15 is 0 Å². The first kappa shape index (κ1) is 21.4. The molecule has 4 heterocycles. The van der Waals surface area contributed by atoms with E-state index in [0.29, 0.717) is 18.1 Å². The number of morpholine rings is 1. The zero-order valence-electron chi connectivity index (χ0n) is 19.2. The van der Waals surface area contributed by atoms with Gasteiger partial charge >= 0.3 is 0 Å². The smallest absolute Gasteiger partial charge is 0.262 e. The number of hydrogen-bond acceptors (Lipinski definition) is 5. The summed E-state index contributed by atoms with van der Waals surface area (Å²) in [6.45, 7) is 10.2. The van der Waals surface area contributed by atoms with Crippen molar-refractivity contribution < 1.29 is 9.53 Å². The summed E-state index contributed by atoms with van der Waals surface area (Å²) in [5, 5.41) is 0. The van der Waals surface area contributed by atoms with E-state index in [4.69, 9.17) is 4.74 Å². The predicted molar refractivity (Wildman–Crippen MR) is 127 cm³/mol. The molecule has 0 N–H and O–H groups in total. The summed E-state index contributed by atoms with van der Waals surface area (Å²) in [5.41, 5.74) is 3.01. The summed E-state index contributed by atoms with van der Waals surface area (Å²) in [4.78, 5) is 25.0. The van der Waals surface area contributed by atoms with Gasteiger partial charge in [0.15, 0.2) is 0 Å². The minimum atomic E-state index is 0.0662. The molecule has 0 bridgehead atoms. The Morgan fingerprint density at radius 3 is 2.56 bits per heavy atom. The van der Waals surface area contributed by atoms with E-state index in [-0.39, 0.29) is 5.91 Å². The van der Waals surface area contributed by atoms with Gasteiger partial charge in [0.05, 0.1) is 17.8 Å². The number of carbonyl (C=O) groups is 1. The summed E-state index contributed by atoms with van der Waals surface area (Å²) in [5.74, 6) is 1.60. The molecule has 0 spiro atoms. The van der Waals surface area contributed by atoms with Crippen LogP contribution in [0.1, 0.15) is 42.6 Å². The molecule has 5 rings (SSSR count). The average molecular weight is 435 g/mol. The van der Waals surface area contributed by atoms with Crippen LogP contribution in [0.15, 0.2) is 42.6 Å². The van der Waals surface area contributed by atoms with E-state index in [9.17, 15) is 4.79 Å². The highest BCUT2D eigenvalue weighted by Crippen LogP contribution is 2.32. The van der Waals surface area contributed by atoms with E-state index < -0.39 is 0 Å². The number of nitrogens with zero attached hydrogens (tertiary/aromatic N) is 4. The minimum Gasteiger partial charge on any atom is -0.373 e. The molecule has 170 valence electrons. The van der Waals surface area contributed by atoms with Gasteiger partial charge in [-0.05, 0) is 62.8 Å². The van der Waals surface area contributed by atoms with Gasteiger partial charge in [-0.2, -0.15) is 0 Å². The Morgan fingerprint density at radius 1 is 1.03 bits per heavy atom. The van der Waals surface area contributed by atoms with Gasteiger partial charge in [0.1, 0.15) is 5.82 Å². The van der Waals surface area contributed by atoms with Crippen LogP contribution >= 0.6 is 0 Å². The van der Waals surface area contributed by atoms with Crippen LogP contribution < -0.4 is 9.80 Å². The molecule has 0 radical (unpaired) electrons. The number of fused-ring (bicyclic) bond motifs is 1. The molecule has 2 aromatic rings. The lowest BCUT2D eigenvalue weighted by molar-refractivity contribution is -0.0720. The van der Waals surface area contributed by atoms with E-state index in [0.717, 1.165) is 75.6 Å². The van der Waals surface area contributed by atoms with Crippen molar-refractivity contribution >= 4 is 17.4 Å². The standard InChI is InChI=1S/C26H34N4O2/c1-19-16-28(17-20(2)32-19)18-21-9-13-29(14-10-21)25-23(7-5-12-27-25)26(31)30-15-11-22-6-3-4-8-24(22)30/h3-8,12,19-21H,9-11,13-18H2,1-2H3. The third-order valence-electron chi connectivity index (χ3n) is 7.08. The Balaban J connectivity index is 1.25. The first-order valence-electron chi connectivity index (χ1n) is 12.1. The Labute approximate surface area is 191 Å². The fourth-order valence-electron chi connectivity index (χ4n) is 5.64. The van der Waals surface area contributed by atoms with Gasteiger partial charge in [-0.25, -0.2) is 4.98 Å². The Morgan fingerprint density at radius 2 is 1.78 bits per heavy atom. The van der Waals surface area contributed by atoms with Crippen molar-refractivity contribution in [1.29, 1.82) is 0 Å². The Hall–Kier alpha value is -2.44. The van der Waals surface area contributed by atoms with Gasteiger partial charge in [-0.15, -0.1) is 0 Å². The molecular weight excluding hydrogens is 400 g/mol. The molecule has 32 heavy (non-hydrogen) atoms. The molecule has 0 aliphatic carbocycles. The number of benzene rings is 1. The number of piperidine rings is 1. The summed E-state index contributed by atoms with van der Waals surface area (Å²) >= 11 is 0. The highest BCUT2D eigenvalue weighted by Gasteiger charge is 2.31. The lowest BCUT2D eigenvalue weighted by Crippen LogP contribution is -2.48. The second-order valence-electron chi connectivity index (χ2n) is 9.62. The lowest BCUT2D eigenvalue weighted by Gasteiger charge is -2.40. The van der Waals surface area contributed by atoms with Crippen LogP contribution in [0.5, 0.6) is 0 Å². The highest BCUT2D eigenvalue weighted by atomic mass is 16.5. The van der Waals surface area contributed by atoms with Crippen LogP contribution in [0.3, 0.4) is 0 Å². The van der Waals surface area contributed by atoms with Crippen LogP contribution in [0, 0.1) is 5.92 Å². The quantitative estimate of drug-likeness (QED) is 0.736. The number of hydrogen-bond donors (Lipinski definition) is 0. The number of anilines is 2. The minimum absolute atomic E-state index is 0.0662. The summed E-state index contributed by atoms with van der Waals surface area (Å²) in [6, 6.07) is 12.0. The predicted octanol–water partition coefficient (Wildman–Crippen LogP) is 3.61. The topological polar surface area (TPSA) is 48.9 Å². The molecule has 3 aliphatic rings. The van der Waals surface area contributed by atoms with Crippen LogP contribution in [-0.2, 0) is 11.2 Å². The molecule has 2 saturated heterocycles. The molecule has 6 heteroatoms. The Bertz CT molecular complexity index is 946. The van der Waals surface area contributed by atoms with Crippen molar-refractivity contribution in [2.45, 2.75) is 45.3 Å². The maximum absolute atomic E-state index is 13.5. The van der Waals surface area contributed by atoms with Gasteiger partial charge < -0.3 is 14.5 Å². The molecule has 1 aromatic heterocycles. The first-order chi connectivity index (χ1) is 15.6. The largest absolute Gasteiger partial charge is 0.373 e. The van der Waals surface area contributed by atoms with Gasteiger partial charge in [0, 0.05) is 51.2 Å². The number of amides is 1. The van der Waals surface area contributed by atoms with Crippen molar-refractivity contribution in [3.05, 3.63) is 53.7 Å². The second-order valence-corrected chi connectivity index (χ2v) is 9.62. The van der Waals surface area contributed by atoms with Crippen LogP contribution in [0.4, 0.5) is 11.5 Å². The van der Waals surface area contributed by atoms with Gasteiger partial charge in [-0.1, -0.05) is 18.2 Å². The zero-order valence-corrected chi connectivity index (χ0v) is 19.2. The zero-order chi connectivity index (χ0) is 22.1. The van der Waals surface area contributed by atoms with Crippen molar-refractivity contribution in [3.8, 4) is 0 Å². The normalized spacial score (nSPS) is 24.6. The van der Waals surface area contributed by atoms with Gasteiger partial charge in [0.25, 0.3) is 5.91 Å². The number of rotatable bonds is 4. The monoisotopic (exact) mass is 434 g/mol. The van der Waals surface area contributed by atoms with Crippen molar-refractivity contribution in [2.24, 2.45) is 5.92 Å². The molecule has 2 atom stereocenters. The number of aromatic nitrogens is 1. The van der Waals surface area contributed by atoms with Crippen LogP contribution in [0.2, 0.25) is 0 Å². The maximum Gasteiger partial charge on any atom is 0.262 e. The van der Waals surface area contributed by atoms with E-state index in [1.165, 1.54) is 5.56 Å². The third-order valence-corrected chi connectivity index (χ3v) is 7.08. The molecular formula is C26H34N4O2. The maximum atomic E-state index is 13.5. The van der Waals surface area contributed by atoms with E-state index in [1.54, 1.807) is 0 Å². The Kier molecular flexibility index (Phi) is 6.15. The fraction of sp³-hybridized carbons (Fsp3) is 0.538. The van der Waals surface area contributed by atoms with Gasteiger partial charge in [-0.3, -0.25) is 9.69 Å². The van der Waals surface area contributed by atoms with Crippen LogP contribution in [0.25, 0.3) is 0 Å². The van der Waals surface area contributed by atoms with Crippen molar-refractivity contribution in [1.82, 2.24) is 9.88 Å². The molecule has 0 saturated carbocycles. The second kappa shape index (κ2) is 9.20. The SMILES string of the molecule is CC1CN(CC2CCN(c3ncccc3C(=O)N3CCc4ccccc43)CC2)CC(C)O1. The average Bonchev–Trinajstić information content (AvgIpc) is 3.23. The molecule has 6 nitrogen and oxygen atoms in total. The number of ether oxygens (including phenoxy) is 1. The van der Waals surface area contributed by atoms with Crippen LogP contribution in [-0.4, -0.2) is 67.3 Å². The summed E-state index contributed by atoms with van der Waals surface area (Å²) in [6.07, 6.45) is 5.63. The van der Waals surface area contributed by atoms with Gasteiger partial charge in [0.2, 0.25) is 0 Å². The number of carbonyl (C=O) groups excluding carboxylic acids is 1. The van der Waals surface area contributed by atoms with E-state index in [2.05, 4.69) is 40.8 Å². The number of pyridine rings is 1. The highest BCUT2D eigenvalue weighted by molar-refractivity contribution is 6.10. The van der Waals surface area contributed by atoms with Crippen molar-refractivity contribution in [3.63, 3.8) is 0 Å². The molecule has 1 amide bonds. The number of para-hydroxylation sites is 1. The fourth-order valence-corrected chi connectivity index (χ4v) is 5.64. The van der Waals surface area contributed by atoms with E-state index in [1.807, 2.05) is 35.4 Å². The molecule has 3 aliphatic heterocycles. The summed E-state index contributed by atoms with van der Waals surface area (Å²) in [7, 11) is 0. The molecule has 1 aromatic carbocycles. The summed E-state index contributed by atoms with van der Waals surface area (Å²) < 4.78 is 5.89. The first-order valence-corrected chi connectivity index (χ1v) is 12.1. The third kappa shape index (κ3) is 4.39. The molecule has 2 unspecified atom stereocenters.